The quantitative estimate of drug-likeness (QED) is 0.821. The largest absolute Gasteiger partial charge is 0.350 e. The van der Waals surface area contributed by atoms with Crippen molar-refractivity contribution < 1.29 is 13.2 Å². The van der Waals surface area contributed by atoms with Gasteiger partial charge in [0.1, 0.15) is 6.54 Å². The number of nitrogens with one attached hydrogen (secondary N) is 1. The van der Waals surface area contributed by atoms with Crippen molar-refractivity contribution >= 4 is 21.6 Å². The Kier molecular flexibility index (Phi) is 6.14. The van der Waals surface area contributed by atoms with Gasteiger partial charge in [0, 0.05) is 18.9 Å². The molecule has 1 aromatic carbocycles. The van der Waals surface area contributed by atoms with Crippen LogP contribution in [0.4, 0.5) is 5.69 Å². The summed E-state index contributed by atoms with van der Waals surface area (Å²) in [6, 6.07) is 10.9. The average Bonchev–Trinajstić information content (AvgIpc) is 2.57. The third-order valence-corrected chi connectivity index (χ3v) is 4.85. The highest BCUT2D eigenvalue weighted by Crippen LogP contribution is 2.28. The van der Waals surface area contributed by atoms with Gasteiger partial charge in [-0.15, -0.1) is 0 Å². The molecule has 2 aromatic rings. The zero-order chi connectivity index (χ0) is 18.4. The lowest BCUT2D eigenvalue weighted by Gasteiger charge is -2.25. The van der Waals surface area contributed by atoms with Gasteiger partial charge in [0.15, 0.2) is 0 Å². The van der Waals surface area contributed by atoms with Gasteiger partial charge in [0.2, 0.25) is 15.9 Å². The maximum absolute atomic E-state index is 12.3. The summed E-state index contributed by atoms with van der Waals surface area (Å²) in [5.41, 5.74) is 2.27. The van der Waals surface area contributed by atoms with Crippen LogP contribution in [-0.2, 0) is 21.4 Å². The van der Waals surface area contributed by atoms with Crippen LogP contribution in [-0.4, -0.2) is 32.1 Å². The molecule has 0 spiro atoms. The summed E-state index contributed by atoms with van der Waals surface area (Å²) >= 11 is 0. The Morgan fingerprint density at radius 2 is 1.92 bits per heavy atom. The second kappa shape index (κ2) is 8.11. The van der Waals surface area contributed by atoms with Crippen LogP contribution >= 0.6 is 0 Å². The first-order valence-corrected chi connectivity index (χ1v) is 9.86. The summed E-state index contributed by atoms with van der Waals surface area (Å²) in [5.74, 6) is -0.230. The van der Waals surface area contributed by atoms with Crippen molar-refractivity contribution in [2.75, 3.05) is 17.1 Å². The first kappa shape index (κ1) is 18.9. The molecule has 0 unspecified atom stereocenters. The van der Waals surface area contributed by atoms with E-state index < -0.39 is 10.0 Å². The molecular formula is C18H23N3O3S. The molecule has 2 rings (SSSR count). The summed E-state index contributed by atoms with van der Waals surface area (Å²) in [7, 11) is -3.59. The van der Waals surface area contributed by atoms with E-state index in [1.54, 1.807) is 30.6 Å². The van der Waals surface area contributed by atoms with Crippen molar-refractivity contribution in [2.45, 2.75) is 26.3 Å². The molecule has 1 N–H and O–H groups in total. The maximum Gasteiger partial charge on any atom is 0.241 e. The van der Waals surface area contributed by atoms with E-state index in [0.717, 1.165) is 21.7 Å². The summed E-state index contributed by atoms with van der Waals surface area (Å²) in [6.45, 7) is 4.02. The lowest BCUT2D eigenvalue weighted by atomic mass is 10.0. The standard InChI is InChI=1S/C18H23N3O3S/c1-14(2)16-8-4-5-9-17(16)21(25(3,23)24)13-18(22)20-12-15-7-6-10-19-11-15/h4-11,14H,12-13H2,1-3H3,(H,20,22). The van der Waals surface area contributed by atoms with Crippen LogP contribution in [0.1, 0.15) is 30.9 Å². The van der Waals surface area contributed by atoms with E-state index in [9.17, 15) is 13.2 Å². The lowest BCUT2D eigenvalue weighted by Crippen LogP contribution is -2.40. The van der Waals surface area contributed by atoms with E-state index >= 15 is 0 Å². The second-order valence-corrected chi connectivity index (χ2v) is 8.03. The topological polar surface area (TPSA) is 79.4 Å². The minimum absolute atomic E-state index is 0.138. The van der Waals surface area contributed by atoms with Crippen LogP contribution in [0.3, 0.4) is 0 Å². The number of rotatable bonds is 7. The second-order valence-electron chi connectivity index (χ2n) is 6.12. The minimum atomic E-state index is -3.59. The van der Waals surface area contributed by atoms with E-state index in [1.807, 2.05) is 32.0 Å². The number of amides is 1. The van der Waals surface area contributed by atoms with Crippen LogP contribution < -0.4 is 9.62 Å². The first-order valence-electron chi connectivity index (χ1n) is 8.01. The maximum atomic E-state index is 12.3. The van der Waals surface area contributed by atoms with Crippen molar-refractivity contribution in [1.29, 1.82) is 0 Å². The summed E-state index contributed by atoms with van der Waals surface area (Å²) in [5, 5.41) is 2.73. The molecule has 0 aliphatic heterocycles. The molecule has 6 nitrogen and oxygen atoms in total. The molecule has 0 radical (unpaired) electrons. The summed E-state index contributed by atoms with van der Waals surface area (Å²) in [6.07, 6.45) is 4.42. The number of nitrogens with zero attached hydrogens (tertiary/aromatic N) is 2. The lowest BCUT2D eigenvalue weighted by molar-refractivity contribution is -0.119. The monoisotopic (exact) mass is 361 g/mol. The van der Waals surface area contributed by atoms with Crippen LogP contribution in [0.2, 0.25) is 0 Å². The molecule has 25 heavy (non-hydrogen) atoms. The fourth-order valence-corrected chi connectivity index (χ4v) is 3.35. The van der Waals surface area contributed by atoms with E-state index in [-0.39, 0.29) is 18.4 Å². The van der Waals surface area contributed by atoms with Crippen LogP contribution in [0, 0.1) is 0 Å². The SMILES string of the molecule is CC(C)c1ccccc1N(CC(=O)NCc1cccnc1)S(C)(=O)=O. The molecule has 1 aromatic heterocycles. The minimum Gasteiger partial charge on any atom is -0.350 e. The summed E-state index contributed by atoms with van der Waals surface area (Å²) < 4.78 is 25.7. The zero-order valence-corrected chi connectivity index (χ0v) is 15.5. The molecule has 1 heterocycles. The normalized spacial score (nSPS) is 11.4. The number of benzene rings is 1. The molecular weight excluding hydrogens is 338 g/mol. The number of sulfonamides is 1. The molecule has 7 heteroatoms. The molecule has 0 aliphatic rings. The Balaban J connectivity index is 2.18. The van der Waals surface area contributed by atoms with Crippen molar-refractivity contribution in [3.05, 3.63) is 59.9 Å². The number of anilines is 1. The van der Waals surface area contributed by atoms with Gasteiger partial charge in [-0.3, -0.25) is 14.1 Å². The van der Waals surface area contributed by atoms with Crippen molar-refractivity contribution in [3.63, 3.8) is 0 Å². The number of carbonyl (C=O) groups excluding carboxylic acids is 1. The van der Waals surface area contributed by atoms with E-state index in [1.165, 1.54) is 0 Å². The van der Waals surface area contributed by atoms with E-state index in [2.05, 4.69) is 10.3 Å². The highest BCUT2D eigenvalue weighted by Gasteiger charge is 2.23. The first-order chi connectivity index (χ1) is 11.8. The molecule has 0 saturated carbocycles. The Bertz CT molecular complexity index is 820. The summed E-state index contributed by atoms with van der Waals surface area (Å²) in [4.78, 5) is 16.3. The van der Waals surface area contributed by atoms with Gasteiger partial charge in [-0.1, -0.05) is 38.1 Å². The molecule has 0 fully saturated rings. The molecule has 0 aliphatic carbocycles. The molecule has 1 amide bonds. The average molecular weight is 361 g/mol. The number of hydrogen-bond donors (Lipinski definition) is 1. The highest BCUT2D eigenvalue weighted by molar-refractivity contribution is 7.92. The van der Waals surface area contributed by atoms with Crippen LogP contribution in [0.15, 0.2) is 48.8 Å². The van der Waals surface area contributed by atoms with Crippen LogP contribution in [0.5, 0.6) is 0 Å². The third-order valence-electron chi connectivity index (χ3n) is 3.73. The van der Waals surface area contributed by atoms with Gasteiger partial charge in [-0.25, -0.2) is 8.42 Å². The Labute approximate surface area is 148 Å². The van der Waals surface area contributed by atoms with Crippen LogP contribution in [0.25, 0.3) is 0 Å². The highest BCUT2D eigenvalue weighted by atomic mass is 32.2. The molecule has 0 bridgehead atoms. The van der Waals surface area contributed by atoms with Gasteiger partial charge in [0.25, 0.3) is 0 Å². The van der Waals surface area contributed by atoms with Crippen molar-refractivity contribution in [2.24, 2.45) is 0 Å². The number of pyridine rings is 1. The zero-order valence-electron chi connectivity index (χ0n) is 14.6. The predicted octanol–water partition coefficient (Wildman–Crippen LogP) is 2.29. The Morgan fingerprint density at radius 3 is 2.52 bits per heavy atom. The Morgan fingerprint density at radius 1 is 1.20 bits per heavy atom. The van der Waals surface area contributed by atoms with Gasteiger partial charge >= 0.3 is 0 Å². The predicted molar refractivity (Wildman–Crippen MR) is 98.8 cm³/mol. The van der Waals surface area contributed by atoms with Gasteiger partial charge < -0.3 is 5.32 Å². The molecule has 0 saturated heterocycles. The number of para-hydroxylation sites is 1. The van der Waals surface area contributed by atoms with E-state index in [0.29, 0.717) is 12.2 Å². The molecule has 0 atom stereocenters. The van der Waals surface area contributed by atoms with E-state index in [4.69, 9.17) is 0 Å². The fourth-order valence-electron chi connectivity index (χ4n) is 2.47. The number of carbonyl (C=O) groups is 1. The Hall–Kier alpha value is -2.41. The third kappa shape index (κ3) is 5.29. The van der Waals surface area contributed by atoms with Crippen molar-refractivity contribution in [3.8, 4) is 0 Å². The fraction of sp³-hybridized carbons (Fsp3) is 0.333. The number of aromatic nitrogens is 1. The van der Waals surface area contributed by atoms with Gasteiger partial charge in [0.05, 0.1) is 11.9 Å². The van der Waals surface area contributed by atoms with Gasteiger partial charge in [-0.05, 0) is 29.2 Å². The smallest absolute Gasteiger partial charge is 0.241 e. The van der Waals surface area contributed by atoms with Gasteiger partial charge in [-0.2, -0.15) is 0 Å². The number of hydrogen-bond acceptors (Lipinski definition) is 4. The molecule has 134 valence electrons. The van der Waals surface area contributed by atoms with Crippen molar-refractivity contribution in [1.82, 2.24) is 10.3 Å².